The van der Waals surface area contributed by atoms with Crippen LogP contribution in [0.25, 0.3) is 0 Å². The second kappa shape index (κ2) is 11.0. The molecule has 1 aromatic carbocycles. The topological polar surface area (TPSA) is 69.1 Å². The quantitative estimate of drug-likeness (QED) is 0.521. The van der Waals surface area contributed by atoms with E-state index in [1.54, 1.807) is 12.1 Å². The number of benzene rings is 1. The van der Waals surface area contributed by atoms with E-state index >= 15 is 0 Å². The molecule has 0 spiro atoms. The molecule has 1 heterocycles. The van der Waals surface area contributed by atoms with Crippen LogP contribution in [0.15, 0.2) is 35.9 Å². The maximum Gasteiger partial charge on any atom is 0.338 e. The van der Waals surface area contributed by atoms with Gasteiger partial charge in [-0.25, -0.2) is 4.79 Å². The number of amides is 1. The molecule has 152 valence electrons. The van der Waals surface area contributed by atoms with Gasteiger partial charge in [0, 0.05) is 12.1 Å². The molecule has 0 unspecified atom stereocenters. The summed E-state index contributed by atoms with van der Waals surface area (Å²) in [6.45, 7) is 4.92. The minimum Gasteiger partial charge on any atom is -0.452 e. The second-order valence-corrected chi connectivity index (χ2v) is 7.52. The van der Waals surface area contributed by atoms with Gasteiger partial charge < -0.3 is 19.7 Å². The molecule has 0 aromatic heterocycles. The smallest absolute Gasteiger partial charge is 0.338 e. The average molecular weight is 388 g/mol. The Morgan fingerprint density at radius 2 is 1.89 bits per heavy atom. The summed E-state index contributed by atoms with van der Waals surface area (Å²) in [7, 11) is 0. The minimum absolute atomic E-state index is 0.239. The zero-order valence-corrected chi connectivity index (χ0v) is 16.5. The van der Waals surface area contributed by atoms with Crippen molar-refractivity contribution in [2.45, 2.75) is 38.6 Å². The van der Waals surface area contributed by atoms with Gasteiger partial charge >= 0.3 is 5.97 Å². The molecule has 6 heteroatoms. The van der Waals surface area contributed by atoms with E-state index in [1.807, 2.05) is 12.1 Å². The normalized spacial score (nSPS) is 17.6. The number of carbonyl (C=O) groups is 2. The molecule has 1 saturated heterocycles. The van der Waals surface area contributed by atoms with Gasteiger partial charge in [0.15, 0.2) is 6.61 Å². The highest BCUT2D eigenvalue weighted by Crippen LogP contribution is 2.19. The van der Waals surface area contributed by atoms with Crippen molar-refractivity contribution in [3.05, 3.63) is 47.0 Å². The van der Waals surface area contributed by atoms with Crippen molar-refractivity contribution in [3.8, 4) is 0 Å². The van der Waals surface area contributed by atoms with Gasteiger partial charge in [0.2, 0.25) is 0 Å². The van der Waals surface area contributed by atoms with Crippen LogP contribution in [0.1, 0.15) is 48.0 Å². The average Bonchev–Trinajstić information content (AvgIpc) is 2.74. The Kier molecular flexibility index (Phi) is 8.06. The Hall–Kier alpha value is -2.18. The van der Waals surface area contributed by atoms with E-state index in [1.165, 1.54) is 28.9 Å². The maximum absolute atomic E-state index is 12.1. The van der Waals surface area contributed by atoms with E-state index in [9.17, 15) is 9.59 Å². The number of quaternary nitrogens is 1. The number of carbonyl (C=O) groups excluding carboxylic acids is 2. The molecule has 0 saturated carbocycles. The van der Waals surface area contributed by atoms with E-state index in [0.29, 0.717) is 12.1 Å². The first kappa shape index (κ1) is 20.6. The summed E-state index contributed by atoms with van der Waals surface area (Å²) in [6, 6.07) is 7.45. The highest BCUT2D eigenvalue weighted by molar-refractivity contribution is 5.91. The lowest BCUT2D eigenvalue weighted by Gasteiger charge is -2.23. The highest BCUT2D eigenvalue weighted by Gasteiger charge is 2.15. The molecule has 1 aromatic rings. The van der Waals surface area contributed by atoms with Crippen molar-refractivity contribution in [3.63, 3.8) is 0 Å². The molecule has 0 radical (unpaired) electrons. The summed E-state index contributed by atoms with van der Waals surface area (Å²) < 4.78 is 10.5. The van der Waals surface area contributed by atoms with Crippen LogP contribution in [0.5, 0.6) is 0 Å². The molecule has 1 aliphatic carbocycles. The summed E-state index contributed by atoms with van der Waals surface area (Å²) in [5.41, 5.74) is 3.08. The number of nitrogens with one attached hydrogen (secondary N) is 2. The third-order valence-corrected chi connectivity index (χ3v) is 5.33. The van der Waals surface area contributed by atoms with Gasteiger partial charge in [0.1, 0.15) is 19.6 Å². The van der Waals surface area contributed by atoms with E-state index < -0.39 is 5.97 Å². The SMILES string of the molecule is O=C(COC(=O)c1ccc(C[NH+]2CCOCC2)cc1)NCCC1=CCCCC1. The van der Waals surface area contributed by atoms with Crippen molar-refractivity contribution in [1.82, 2.24) is 5.32 Å². The van der Waals surface area contributed by atoms with Gasteiger partial charge in [-0.3, -0.25) is 4.79 Å². The van der Waals surface area contributed by atoms with Crippen LogP contribution in [0.3, 0.4) is 0 Å². The summed E-state index contributed by atoms with van der Waals surface area (Å²) in [6.07, 6.45) is 7.94. The Morgan fingerprint density at radius 1 is 1.11 bits per heavy atom. The third-order valence-electron chi connectivity index (χ3n) is 5.33. The number of rotatable bonds is 8. The lowest BCUT2D eigenvalue weighted by Crippen LogP contribution is -3.12. The standard InChI is InChI=1S/C22H30N2O4/c25-21(23-11-10-18-4-2-1-3-5-18)17-28-22(26)20-8-6-19(7-9-20)16-24-12-14-27-15-13-24/h4,6-9H,1-3,5,10-17H2,(H,23,25)/p+1. The van der Waals surface area contributed by atoms with Gasteiger partial charge in [0.25, 0.3) is 5.91 Å². The molecule has 2 N–H and O–H groups in total. The highest BCUT2D eigenvalue weighted by atomic mass is 16.5. The fraction of sp³-hybridized carbons (Fsp3) is 0.545. The van der Waals surface area contributed by atoms with Crippen molar-refractivity contribution >= 4 is 11.9 Å². The van der Waals surface area contributed by atoms with Gasteiger partial charge in [-0.1, -0.05) is 23.8 Å². The molecule has 0 atom stereocenters. The molecular formula is C22H31N2O4+. The van der Waals surface area contributed by atoms with Gasteiger partial charge in [0.05, 0.1) is 18.8 Å². The Labute approximate surface area is 166 Å². The van der Waals surface area contributed by atoms with Crippen LogP contribution in [-0.4, -0.2) is 51.3 Å². The lowest BCUT2D eigenvalue weighted by molar-refractivity contribution is -0.921. The fourth-order valence-corrected chi connectivity index (χ4v) is 3.64. The summed E-state index contributed by atoms with van der Waals surface area (Å²) in [5, 5.41) is 2.82. The van der Waals surface area contributed by atoms with E-state index in [0.717, 1.165) is 52.1 Å². The first-order chi connectivity index (χ1) is 13.7. The van der Waals surface area contributed by atoms with Crippen LogP contribution in [0, 0.1) is 0 Å². The predicted octanol–water partition coefficient (Wildman–Crippen LogP) is 1.27. The fourth-order valence-electron chi connectivity index (χ4n) is 3.64. The zero-order chi connectivity index (χ0) is 19.6. The summed E-state index contributed by atoms with van der Waals surface area (Å²) in [4.78, 5) is 25.5. The van der Waals surface area contributed by atoms with Gasteiger partial charge in [-0.15, -0.1) is 0 Å². The third kappa shape index (κ3) is 6.77. The van der Waals surface area contributed by atoms with E-state index in [4.69, 9.17) is 9.47 Å². The molecule has 0 bridgehead atoms. The van der Waals surface area contributed by atoms with Gasteiger partial charge in [-0.05, 0) is 44.2 Å². The molecule has 6 nitrogen and oxygen atoms in total. The second-order valence-electron chi connectivity index (χ2n) is 7.52. The van der Waals surface area contributed by atoms with Crippen molar-refractivity contribution in [1.29, 1.82) is 0 Å². The maximum atomic E-state index is 12.1. The Morgan fingerprint density at radius 3 is 2.61 bits per heavy atom. The number of esters is 1. The predicted molar refractivity (Wildman–Crippen MR) is 106 cm³/mol. The molecule has 2 aliphatic rings. The van der Waals surface area contributed by atoms with Crippen LogP contribution < -0.4 is 10.2 Å². The van der Waals surface area contributed by atoms with E-state index in [-0.39, 0.29) is 12.5 Å². The van der Waals surface area contributed by atoms with Crippen LogP contribution in [-0.2, 0) is 20.8 Å². The number of allylic oxidation sites excluding steroid dienone is 1. The first-order valence-electron chi connectivity index (χ1n) is 10.3. The molecular weight excluding hydrogens is 356 g/mol. The first-order valence-corrected chi connectivity index (χ1v) is 10.3. The van der Waals surface area contributed by atoms with Crippen molar-refractivity contribution in [2.24, 2.45) is 0 Å². The molecule has 1 fully saturated rings. The molecule has 3 rings (SSSR count). The molecule has 28 heavy (non-hydrogen) atoms. The summed E-state index contributed by atoms with van der Waals surface area (Å²) in [5.74, 6) is -0.715. The lowest BCUT2D eigenvalue weighted by atomic mass is 9.97. The zero-order valence-electron chi connectivity index (χ0n) is 16.5. The largest absolute Gasteiger partial charge is 0.452 e. The summed E-state index contributed by atoms with van der Waals surface area (Å²) >= 11 is 0. The number of hydrogen-bond donors (Lipinski definition) is 2. The van der Waals surface area contributed by atoms with Gasteiger partial charge in [-0.2, -0.15) is 0 Å². The van der Waals surface area contributed by atoms with Crippen LogP contribution in [0.4, 0.5) is 0 Å². The Balaban J connectivity index is 1.35. The van der Waals surface area contributed by atoms with E-state index in [2.05, 4.69) is 11.4 Å². The minimum atomic E-state index is -0.463. The molecule has 1 aliphatic heterocycles. The number of hydrogen-bond acceptors (Lipinski definition) is 4. The number of morpholine rings is 1. The van der Waals surface area contributed by atoms with Crippen molar-refractivity contribution < 1.29 is 24.0 Å². The van der Waals surface area contributed by atoms with Crippen LogP contribution in [0.2, 0.25) is 0 Å². The Bertz CT molecular complexity index is 678. The van der Waals surface area contributed by atoms with Crippen molar-refractivity contribution in [2.75, 3.05) is 39.5 Å². The monoisotopic (exact) mass is 387 g/mol. The van der Waals surface area contributed by atoms with Crippen LogP contribution >= 0.6 is 0 Å². The molecule has 1 amide bonds. The number of ether oxygens (including phenoxy) is 2.